The summed E-state index contributed by atoms with van der Waals surface area (Å²) in [7, 11) is 9.99. The lowest BCUT2D eigenvalue weighted by molar-refractivity contribution is -0.890. The first-order valence-electron chi connectivity index (χ1n) is 15.3. The molecule has 0 aromatic heterocycles. The Kier molecular flexibility index (Phi) is 17.9. The van der Waals surface area contributed by atoms with Crippen LogP contribution < -0.4 is 17.1 Å². The highest BCUT2D eigenvalue weighted by atomic mass is 35.5. The van der Waals surface area contributed by atoms with Crippen molar-refractivity contribution in [3.05, 3.63) is 35.1 Å². The number of nitrogens with zero attached hydrogens (tertiary/aromatic N) is 1. The van der Waals surface area contributed by atoms with Gasteiger partial charge in [0.2, 0.25) is 0 Å². The number of halogens is 1. The maximum atomic E-state index is 5.84. The van der Waals surface area contributed by atoms with E-state index in [4.69, 9.17) is 14.2 Å². The molecule has 220 valence electrons. The van der Waals surface area contributed by atoms with E-state index in [1.807, 2.05) is 6.07 Å². The molecule has 0 N–H and O–H groups in total. The summed E-state index contributed by atoms with van der Waals surface area (Å²) in [6.07, 6.45) is 22.1. The Labute approximate surface area is 241 Å². The minimum Gasteiger partial charge on any atom is -1.00 e. The van der Waals surface area contributed by atoms with Crippen LogP contribution >= 0.6 is 0 Å². The topological polar surface area (TPSA) is 27.7 Å². The zero-order valence-corrected chi connectivity index (χ0v) is 26.3. The van der Waals surface area contributed by atoms with Gasteiger partial charge in [0.05, 0.1) is 54.1 Å². The van der Waals surface area contributed by atoms with E-state index in [0.29, 0.717) is 0 Å². The van der Waals surface area contributed by atoms with Gasteiger partial charge in [-0.25, -0.2) is 0 Å². The van der Waals surface area contributed by atoms with Crippen LogP contribution in [0.25, 0.3) is 5.76 Å². The molecule has 0 heterocycles. The third kappa shape index (κ3) is 11.4. The van der Waals surface area contributed by atoms with E-state index >= 15 is 0 Å². The first kappa shape index (κ1) is 34.6. The Morgan fingerprint density at radius 1 is 0.658 bits per heavy atom. The van der Waals surface area contributed by atoms with Gasteiger partial charge in [0.25, 0.3) is 0 Å². The molecule has 1 unspecified atom stereocenters. The molecule has 0 radical (unpaired) electrons. The van der Waals surface area contributed by atoms with Crippen molar-refractivity contribution in [2.24, 2.45) is 0 Å². The summed E-state index contributed by atoms with van der Waals surface area (Å²) in [5.41, 5.74) is 2.33. The van der Waals surface area contributed by atoms with E-state index in [2.05, 4.69) is 33.2 Å². The molecule has 1 aliphatic carbocycles. The molecule has 1 aromatic carbocycles. The highest BCUT2D eigenvalue weighted by molar-refractivity contribution is 5.77. The Hall–Kier alpha value is -1.39. The van der Waals surface area contributed by atoms with Crippen molar-refractivity contribution in [1.82, 2.24) is 0 Å². The standard InChI is InChI=1S/C33H58NO3.ClH/c1-7-8-9-10-11-12-13-14-15-16-17-18-19-20-26-34(2,3)27-22-24-29-28-23-21-25-30(35-4)31(28)33(37-6)32(29)36-5;/h21,23,25,29H,7-20,22,24,26-27H2,1-6H3;1H/q+1;/p-1. The van der Waals surface area contributed by atoms with Gasteiger partial charge >= 0.3 is 0 Å². The molecule has 0 saturated heterocycles. The summed E-state index contributed by atoms with van der Waals surface area (Å²) in [6, 6.07) is 6.28. The van der Waals surface area contributed by atoms with E-state index < -0.39 is 0 Å². The van der Waals surface area contributed by atoms with Gasteiger partial charge in [-0.1, -0.05) is 96.1 Å². The quantitative estimate of drug-likeness (QED) is 0.129. The van der Waals surface area contributed by atoms with Crippen LogP contribution in [0.1, 0.15) is 127 Å². The predicted octanol–water partition coefficient (Wildman–Crippen LogP) is 6.10. The minimum atomic E-state index is 0. The van der Waals surface area contributed by atoms with Crippen LogP contribution in [0.15, 0.2) is 24.0 Å². The average molecular weight is 552 g/mol. The van der Waals surface area contributed by atoms with Gasteiger partial charge < -0.3 is 31.1 Å². The Balaban J connectivity index is 0.00000722. The third-order valence-corrected chi connectivity index (χ3v) is 8.22. The first-order chi connectivity index (χ1) is 18.0. The maximum Gasteiger partial charge on any atom is 0.168 e. The number of allylic oxidation sites excluding steroid dienone is 1. The second kappa shape index (κ2) is 19.6. The van der Waals surface area contributed by atoms with Crippen LogP contribution in [-0.2, 0) is 9.47 Å². The van der Waals surface area contributed by atoms with E-state index in [9.17, 15) is 0 Å². The zero-order valence-electron chi connectivity index (χ0n) is 25.6. The lowest BCUT2D eigenvalue weighted by Gasteiger charge is -2.30. The number of hydrogen-bond acceptors (Lipinski definition) is 3. The van der Waals surface area contributed by atoms with E-state index in [-0.39, 0.29) is 18.3 Å². The van der Waals surface area contributed by atoms with Crippen LogP contribution in [0.2, 0.25) is 0 Å². The van der Waals surface area contributed by atoms with Crippen LogP contribution in [0.3, 0.4) is 0 Å². The van der Waals surface area contributed by atoms with Crippen molar-refractivity contribution >= 4 is 5.76 Å². The summed E-state index contributed by atoms with van der Waals surface area (Å²) < 4.78 is 18.3. The maximum absolute atomic E-state index is 5.84. The number of methoxy groups -OCH3 is 3. The fourth-order valence-electron chi connectivity index (χ4n) is 5.97. The Morgan fingerprint density at radius 3 is 1.68 bits per heavy atom. The first-order valence-corrected chi connectivity index (χ1v) is 15.3. The molecule has 0 bridgehead atoms. The summed E-state index contributed by atoms with van der Waals surface area (Å²) in [6.45, 7) is 4.75. The molecule has 38 heavy (non-hydrogen) atoms. The lowest BCUT2D eigenvalue weighted by Crippen LogP contribution is -3.00. The van der Waals surface area contributed by atoms with Crippen LogP contribution in [-0.4, -0.2) is 53.0 Å². The van der Waals surface area contributed by atoms with E-state index in [1.165, 1.54) is 109 Å². The molecular formula is C33H58ClNO3. The SMILES string of the molecule is CCCCCCCCCCCCCCCC[N+](C)(C)CCCC1C(OC)=C(OC)c2c(OC)cccc21.[Cl-]. The Morgan fingerprint density at radius 2 is 1.18 bits per heavy atom. The lowest BCUT2D eigenvalue weighted by atomic mass is 9.94. The monoisotopic (exact) mass is 551 g/mol. The molecule has 4 nitrogen and oxygen atoms in total. The largest absolute Gasteiger partial charge is 1.00 e. The number of hydrogen-bond donors (Lipinski definition) is 0. The second-order valence-corrected chi connectivity index (χ2v) is 11.7. The van der Waals surface area contributed by atoms with Crippen LogP contribution in [0, 0.1) is 0 Å². The van der Waals surface area contributed by atoms with Crippen molar-refractivity contribution in [2.75, 3.05) is 48.5 Å². The number of ether oxygens (including phenoxy) is 3. The van der Waals surface area contributed by atoms with Gasteiger partial charge in [-0.2, -0.15) is 0 Å². The summed E-state index contributed by atoms with van der Waals surface area (Å²) in [4.78, 5) is 0. The number of unbranched alkanes of at least 4 members (excludes halogenated alkanes) is 13. The molecule has 1 aliphatic rings. The van der Waals surface area contributed by atoms with E-state index in [1.54, 1.807) is 21.3 Å². The summed E-state index contributed by atoms with van der Waals surface area (Å²) in [5.74, 6) is 2.88. The molecular weight excluding hydrogens is 494 g/mol. The molecule has 0 saturated carbocycles. The third-order valence-electron chi connectivity index (χ3n) is 8.22. The normalized spacial score (nSPS) is 14.8. The molecule has 2 rings (SSSR count). The summed E-state index contributed by atoms with van der Waals surface area (Å²) >= 11 is 0. The number of quaternary nitrogens is 1. The molecule has 5 heteroatoms. The van der Waals surface area contributed by atoms with Crippen molar-refractivity contribution in [2.45, 2.75) is 116 Å². The smallest absolute Gasteiger partial charge is 0.168 e. The molecule has 1 atom stereocenters. The number of rotatable bonds is 22. The number of benzene rings is 1. The van der Waals surface area contributed by atoms with Crippen LogP contribution in [0.4, 0.5) is 0 Å². The van der Waals surface area contributed by atoms with Gasteiger partial charge in [0.1, 0.15) is 11.5 Å². The second-order valence-electron chi connectivity index (χ2n) is 11.7. The van der Waals surface area contributed by atoms with Crippen molar-refractivity contribution in [3.8, 4) is 5.75 Å². The van der Waals surface area contributed by atoms with Crippen molar-refractivity contribution < 1.29 is 31.1 Å². The Bertz CT molecular complexity index is 792. The molecule has 0 amide bonds. The zero-order chi connectivity index (χ0) is 26.9. The minimum absolute atomic E-state index is 0. The van der Waals surface area contributed by atoms with Gasteiger partial charge in [-0.3, -0.25) is 0 Å². The van der Waals surface area contributed by atoms with Gasteiger partial charge in [0, 0.05) is 5.92 Å². The fourth-order valence-corrected chi connectivity index (χ4v) is 5.97. The van der Waals surface area contributed by atoms with E-state index in [0.717, 1.165) is 40.2 Å². The summed E-state index contributed by atoms with van der Waals surface area (Å²) in [5, 5.41) is 0. The highest BCUT2D eigenvalue weighted by Gasteiger charge is 2.36. The fraction of sp³-hybridized carbons (Fsp3) is 0.758. The average Bonchev–Trinajstić information content (AvgIpc) is 3.21. The van der Waals surface area contributed by atoms with Crippen molar-refractivity contribution in [1.29, 1.82) is 0 Å². The van der Waals surface area contributed by atoms with Crippen LogP contribution in [0.5, 0.6) is 5.75 Å². The molecule has 1 aromatic rings. The molecule has 0 spiro atoms. The molecule has 0 fully saturated rings. The highest BCUT2D eigenvalue weighted by Crippen LogP contribution is 2.48. The van der Waals surface area contributed by atoms with Gasteiger partial charge in [-0.15, -0.1) is 0 Å². The van der Waals surface area contributed by atoms with Gasteiger partial charge in [0.15, 0.2) is 5.76 Å². The van der Waals surface area contributed by atoms with Gasteiger partial charge in [-0.05, 0) is 37.3 Å². The predicted molar refractivity (Wildman–Crippen MR) is 158 cm³/mol. The number of fused-ring (bicyclic) bond motifs is 1. The van der Waals surface area contributed by atoms with Crippen molar-refractivity contribution in [3.63, 3.8) is 0 Å². The molecule has 0 aliphatic heterocycles.